The van der Waals surface area contributed by atoms with Crippen molar-refractivity contribution in [3.8, 4) is 5.75 Å². The number of carbonyl (C=O) groups is 1. The molecule has 0 aliphatic heterocycles. The van der Waals surface area contributed by atoms with Gasteiger partial charge >= 0.3 is 11.8 Å². The third-order valence-electron chi connectivity index (χ3n) is 3.84. The number of hydrogen-bond acceptors (Lipinski definition) is 3. The van der Waals surface area contributed by atoms with E-state index in [-0.39, 0.29) is 0 Å². The van der Waals surface area contributed by atoms with Gasteiger partial charge in [-0.1, -0.05) is 63.6 Å². The first kappa shape index (κ1) is 19.5. The van der Waals surface area contributed by atoms with Gasteiger partial charge in [0.05, 0.1) is 0 Å². The third-order valence-corrected chi connectivity index (χ3v) is 3.84. The fourth-order valence-corrected chi connectivity index (χ4v) is 2.59. The minimum Gasteiger partial charge on any atom is -0.476 e. The Kier molecular flexibility index (Phi) is 9.37. The maximum atomic E-state index is 11.8. The van der Waals surface area contributed by atoms with Crippen LogP contribution in [0.15, 0.2) is 30.3 Å². The summed E-state index contributed by atoms with van der Waals surface area (Å²) in [6.45, 7) is 4.29. The highest BCUT2D eigenvalue weighted by atomic mass is 16.7. The fraction of sp³-hybridized carbons (Fsp3) is 0.632. The molecule has 0 saturated heterocycles. The maximum Gasteiger partial charge on any atom is 0.377 e. The minimum atomic E-state index is -1.58. The van der Waals surface area contributed by atoms with Crippen LogP contribution in [-0.2, 0) is 9.53 Å². The van der Waals surface area contributed by atoms with E-state index in [0.717, 1.165) is 19.3 Å². The second-order valence-corrected chi connectivity index (χ2v) is 5.78. The van der Waals surface area contributed by atoms with E-state index in [2.05, 4.69) is 6.92 Å². The highest BCUT2D eigenvalue weighted by Gasteiger charge is 2.41. The molecule has 0 aromatic heterocycles. The normalized spacial score (nSPS) is 13.5. The van der Waals surface area contributed by atoms with Gasteiger partial charge in [-0.25, -0.2) is 4.79 Å². The van der Waals surface area contributed by atoms with Crippen LogP contribution in [0.1, 0.15) is 65.2 Å². The van der Waals surface area contributed by atoms with Gasteiger partial charge in [-0.3, -0.25) is 0 Å². The molecule has 0 radical (unpaired) electrons. The van der Waals surface area contributed by atoms with Gasteiger partial charge in [-0.05, 0) is 25.5 Å². The molecule has 0 aliphatic rings. The SMILES string of the molecule is CCCCCCCCCC(OCC)(Oc1ccccc1)C(=O)O. The molecule has 0 spiro atoms. The molecule has 1 atom stereocenters. The molecule has 23 heavy (non-hydrogen) atoms. The van der Waals surface area contributed by atoms with E-state index in [0.29, 0.717) is 18.8 Å². The maximum absolute atomic E-state index is 11.8. The van der Waals surface area contributed by atoms with E-state index < -0.39 is 11.8 Å². The van der Waals surface area contributed by atoms with Crippen molar-refractivity contribution in [2.75, 3.05) is 6.61 Å². The first-order chi connectivity index (χ1) is 11.1. The van der Waals surface area contributed by atoms with Crippen molar-refractivity contribution in [3.63, 3.8) is 0 Å². The molecule has 1 rings (SSSR count). The van der Waals surface area contributed by atoms with Gasteiger partial charge in [-0.2, -0.15) is 0 Å². The number of ether oxygens (including phenoxy) is 2. The summed E-state index contributed by atoms with van der Waals surface area (Å²) in [4.78, 5) is 11.8. The van der Waals surface area contributed by atoms with Crippen molar-refractivity contribution in [1.82, 2.24) is 0 Å². The third kappa shape index (κ3) is 7.04. The molecule has 1 aromatic carbocycles. The van der Waals surface area contributed by atoms with Crippen molar-refractivity contribution in [3.05, 3.63) is 30.3 Å². The molecule has 0 aliphatic carbocycles. The van der Waals surface area contributed by atoms with E-state index in [1.807, 2.05) is 18.2 Å². The van der Waals surface area contributed by atoms with Crippen molar-refractivity contribution >= 4 is 5.97 Å². The quantitative estimate of drug-likeness (QED) is 0.409. The molecular weight excluding hydrogens is 292 g/mol. The van der Waals surface area contributed by atoms with E-state index in [9.17, 15) is 9.90 Å². The Balaban J connectivity index is 2.56. The Labute approximate surface area is 139 Å². The van der Waals surface area contributed by atoms with E-state index in [1.165, 1.54) is 25.7 Å². The van der Waals surface area contributed by atoms with Crippen LogP contribution >= 0.6 is 0 Å². The Bertz CT molecular complexity index is 432. The Hall–Kier alpha value is -1.55. The lowest BCUT2D eigenvalue weighted by molar-refractivity contribution is -0.213. The lowest BCUT2D eigenvalue weighted by Crippen LogP contribution is -2.47. The van der Waals surface area contributed by atoms with Gasteiger partial charge in [0.15, 0.2) is 0 Å². The van der Waals surface area contributed by atoms with E-state index in [1.54, 1.807) is 19.1 Å². The monoisotopic (exact) mass is 322 g/mol. The summed E-state index contributed by atoms with van der Waals surface area (Å²) >= 11 is 0. The second-order valence-electron chi connectivity index (χ2n) is 5.78. The first-order valence-corrected chi connectivity index (χ1v) is 8.76. The van der Waals surface area contributed by atoms with Crippen LogP contribution in [-0.4, -0.2) is 23.5 Å². The number of aliphatic carboxylic acids is 1. The van der Waals surface area contributed by atoms with Gasteiger partial charge in [0.1, 0.15) is 5.75 Å². The Morgan fingerprint density at radius 1 is 1.00 bits per heavy atom. The van der Waals surface area contributed by atoms with Gasteiger partial charge in [0.25, 0.3) is 0 Å². The molecular formula is C19H30O4. The van der Waals surface area contributed by atoms with Crippen LogP contribution in [0, 0.1) is 0 Å². The van der Waals surface area contributed by atoms with Crippen LogP contribution < -0.4 is 4.74 Å². The average Bonchev–Trinajstić information content (AvgIpc) is 2.55. The molecule has 1 aromatic rings. The summed E-state index contributed by atoms with van der Waals surface area (Å²) in [5.41, 5.74) is 0. The number of rotatable bonds is 13. The predicted octanol–water partition coefficient (Wildman–Crippen LogP) is 5.02. The second kappa shape index (κ2) is 11.1. The van der Waals surface area contributed by atoms with Gasteiger partial charge in [0, 0.05) is 13.0 Å². The predicted molar refractivity (Wildman–Crippen MR) is 91.7 cm³/mol. The number of hydrogen-bond donors (Lipinski definition) is 1. The molecule has 1 N–H and O–H groups in total. The molecule has 130 valence electrons. The summed E-state index contributed by atoms with van der Waals surface area (Å²) in [5.74, 6) is -2.13. The summed E-state index contributed by atoms with van der Waals surface area (Å²) in [6.07, 6.45) is 8.25. The van der Waals surface area contributed by atoms with Crippen LogP contribution in [0.3, 0.4) is 0 Å². The zero-order valence-electron chi connectivity index (χ0n) is 14.4. The van der Waals surface area contributed by atoms with E-state index in [4.69, 9.17) is 9.47 Å². The van der Waals surface area contributed by atoms with E-state index >= 15 is 0 Å². The highest BCUT2D eigenvalue weighted by Crippen LogP contribution is 2.26. The van der Waals surface area contributed by atoms with Crippen molar-refractivity contribution in [2.24, 2.45) is 0 Å². The lowest BCUT2D eigenvalue weighted by atomic mass is 10.0. The fourth-order valence-electron chi connectivity index (χ4n) is 2.59. The number of para-hydroxylation sites is 1. The highest BCUT2D eigenvalue weighted by molar-refractivity contribution is 5.76. The molecule has 0 bridgehead atoms. The molecule has 0 saturated carbocycles. The van der Waals surface area contributed by atoms with Gasteiger partial charge in [0.2, 0.25) is 0 Å². The Morgan fingerprint density at radius 2 is 1.61 bits per heavy atom. The smallest absolute Gasteiger partial charge is 0.377 e. The number of unbranched alkanes of at least 4 members (excludes halogenated alkanes) is 6. The number of carboxylic acids is 1. The summed E-state index contributed by atoms with van der Waals surface area (Å²) < 4.78 is 11.2. The van der Waals surface area contributed by atoms with Crippen LogP contribution in [0.25, 0.3) is 0 Å². The van der Waals surface area contributed by atoms with Crippen LogP contribution in [0.5, 0.6) is 5.75 Å². The van der Waals surface area contributed by atoms with Crippen LogP contribution in [0.2, 0.25) is 0 Å². The number of carboxylic acid groups (broad SMARTS) is 1. The lowest BCUT2D eigenvalue weighted by Gasteiger charge is -2.30. The zero-order chi connectivity index (χ0) is 17.0. The van der Waals surface area contributed by atoms with Crippen molar-refractivity contribution in [1.29, 1.82) is 0 Å². The summed E-state index contributed by atoms with van der Waals surface area (Å²) in [6, 6.07) is 9.01. The number of benzene rings is 1. The molecule has 0 heterocycles. The largest absolute Gasteiger partial charge is 0.476 e. The summed E-state index contributed by atoms with van der Waals surface area (Å²) in [5, 5.41) is 9.64. The minimum absolute atomic E-state index is 0.301. The molecule has 4 nitrogen and oxygen atoms in total. The summed E-state index contributed by atoms with van der Waals surface area (Å²) in [7, 11) is 0. The van der Waals surface area contributed by atoms with Crippen molar-refractivity contribution in [2.45, 2.75) is 71.0 Å². The topological polar surface area (TPSA) is 55.8 Å². The molecule has 0 amide bonds. The zero-order valence-corrected chi connectivity index (χ0v) is 14.4. The molecule has 4 heteroatoms. The van der Waals surface area contributed by atoms with Crippen molar-refractivity contribution < 1.29 is 19.4 Å². The van der Waals surface area contributed by atoms with Gasteiger partial charge in [-0.15, -0.1) is 0 Å². The van der Waals surface area contributed by atoms with Crippen LogP contribution in [0.4, 0.5) is 0 Å². The molecule has 0 fully saturated rings. The Morgan fingerprint density at radius 3 is 2.17 bits per heavy atom. The average molecular weight is 322 g/mol. The van der Waals surface area contributed by atoms with Gasteiger partial charge < -0.3 is 14.6 Å². The first-order valence-electron chi connectivity index (χ1n) is 8.76. The molecule has 1 unspecified atom stereocenters. The standard InChI is InChI=1S/C19H30O4/c1-3-5-6-7-8-9-13-16-19(18(20)21,22-4-2)23-17-14-11-10-12-15-17/h10-12,14-15H,3-9,13,16H2,1-2H3,(H,20,21).